The Morgan fingerprint density at radius 1 is 1.45 bits per heavy atom. The summed E-state index contributed by atoms with van der Waals surface area (Å²) >= 11 is 0. The number of carbonyl (C=O) groups excluding carboxylic acids is 1. The van der Waals surface area contributed by atoms with Crippen LogP contribution in [0.25, 0.3) is 0 Å². The molecule has 0 bridgehead atoms. The van der Waals surface area contributed by atoms with E-state index in [1.54, 1.807) is 0 Å². The van der Waals surface area contributed by atoms with Crippen LogP contribution in [0.5, 0.6) is 0 Å². The first-order valence-electron chi connectivity index (χ1n) is 3.55. The minimum Gasteiger partial charge on any atom is -0.481 e. The van der Waals surface area contributed by atoms with E-state index >= 15 is 0 Å². The summed E-state index contributed by atoms with van der Waals surface area (Å²) in [4.78, 5) is 21.2. The molecule has 1 saturated carbocycles. The molecule has 62 valence electrons. The van der Waals surface area contributed by atoms with Gasteiger partial charge in [0.1, 0.15) is 6.10 Å². The summed E-state index contributed by atoms with van der Waals surface area (Å²) in [6, 6.07) is 0. The van der Waals surface area contributed by atoms with E-state index in [4.69, 9.17) is 10.2 Å². The summed E-state index contributed by atoms with van der Waals surface area (Å²) in [5.41, 5.74) is 0. The number of Topliss-reactive ketones (excluding diaryl/α,β-unsaturated/α-hetero) is 1. The smallest absolute Gasteiger partial charge is 0.306 e. The van der Waals surface area contributed by atoms with E-state index in [1.165, 1.54) is 0 Å². The molecule has 0 aromatic heterocycles. The molecule has 11 heavy (non-hydrogen) atoms. The summed E-state index contributed by atoms with van der Waals surface area (Å²) in [7, 11) is 0. The fourth-order valence-electron chi connectivity index (χ4n) is 1.21. The van der Waals surface area contributed by atoms with E-state index in [0.29, 0.717) is 6.42 Å². The molecule has 0 saturated heterocycles. The number of carboxylic acids is 1. The average Bonchev–Trinajstić information content (AvgIpc) is 1.94. The number of aliphatic hydroxyl groups is 1. The van der Waals surface area contributed by atoms with Crippen molar-refractivity contribution in [1.82, 2.24) is 0 Å². The maximum Gasteiger partial charge on any atom is 0.306 e. The highest BCUT2D eigenvalue weighted by molar-refractivity contribution is 5.88. The maximum atomic E-state index is 10.8. The zero-order valence-electron chi connectivity index (χ0n) is 5.99. The van der Waals surface area contributed by atoms with E-state index in [-0.39, 0.29) is 18.6 Å². The van der Waals surface area contributed by atoms with Crippen molar-refractivity contribution in [2.75, 3.05) is 0 Å². The van der Waals surface area contributed by atoms with Gasteiger partial charge in [0.15, 0.2) is 5.78 Å². The zero-order chi connectivity index (χ0) is 8.43. The Labute approximate surface area is 63.8 Å². The Bertz CT molecular complexity index is 187. The molecule has 0 spiro atoms. The normalized spacial score (nSPS) is 31.9. The van der Waals surface area contributed by atoms with Gasteiger partial charge in [0.2, 0.25) is 0 Å². The molecule has 0 aromatic carbocycles. The van der Waals surface area contributed by atoms with Crippen molar-refractivity contribution in [1.29, 1.82) is 0 Å². The first-order chi connectivity index (χ1) is 5.11. The number of carboxylic acid groups (broad SMARTS) is 1. The third-order valence-electron chi connectivity index (χ3n) is 1.96. The van der Waals surface area contributed by atoms with E-state index in [2.05, 4.69) is 0 Å². The van der Waals surface area contributed by atoms with Crippen molar-refractivity contribution in [3.05, 3.63) is 0 Å². The lowest BCUT2D eigenvalue weighted by Gasteiger charge is -2.20. The van der Waals surface area contributed by atoms with Crippen LogP contribution in [0.4, 0.5) is 0 Å². The standard InChI is InChI=1S/C7H10O4/c8-5-2-1-4(7(10)11)3-6(5)9/h4-5,8H,1-3H2,(H,10,11)/t4-,5+/m0/s1. The van der Waals surface area contributed by atoms with Gasteiger partial charge >= 0.3 is 5.97 Å². The molecule has 4 heteroatoms. The third-order valence-corrected chi connectivity index (χ3v) is 1.96. The summed E-state index contributed by atoms with van der Waals surface area (Å²) < 4.78 is 0. The highest BCUT2D eigenvalue weighted by Gasteiger charge is 2.30. The lowest BCUT2D eigenvalue weighted by Crippen LogP contribution is -2.32. The summed E-state index contributed by atoms with van der Waals surface area (Å²) in [6.45, 7) is 0. The molecule has 1 aliphatic carbocycles. The Kier molecular flexibility index (Phi) is 2.24. The molecule has 1 rings (SSSR count). The second-order valence-electron chi connectivity index (χ2n) is 2.80. The number of hydrogen-bond donors (Lipinski definition) is 2. The van der Waals surface area contributed by atoms with Gasteiger partial charge in [0, 0.05) is 6.42 Å². The Balaban J connectivity index is 2.53. The molecule has 0 aromatic rings. The molecule has 4 nitrogen and oxygen atoms in total. The van der Waals surface area contributed by atoms with Crippen LogP contribution in [-0.2, 0) is 9.59 Å². The van der Waals surface area contributed by atoms with Crippen LogP contribution in [0.15, 0.2) is 0 Å². The van der Waals surface area contributed by atoms with Crippen LogP contribution < -0.4 is 0 Å². The molecule has 2 atom stereocenters. The zero-order valence-corrected chi connectivity index (χ0v) is 5.99. The summed E-state index contributed by atoms with van der Waals surface area (Å²) in [5.74, 6) is -1.86. The number of aliphatic hydroxyl groups excluding tert-OH is 1. The lowest BCUT2D eigenvalue weighted by atomic mass is 9.87. The van der Waals surface area contributed by atoms with Gasteiger partial charge in [-0.25, -0.2) is 0 Å². The van der Waals surface area contributed by atoms with Crippen molar-refractivity contribution in [2.24, 2.45) is 5.92 Å². The van der Waals surface area contributed by atoms with Gasteiger partial charge in [-0.2, -0.15) is 0 Å². The molecular formula is C7H10O4. The number of carbonyl (C=O) groups is 2. The van der Waals surface area contributed by atoms with Gasteiger partial charge in [-0.15, -0.1) is 0 Å². The number of hydrogen-bond acceptors (Lipinski definition) is 3. The maximum absolute atomic E-state index is 10.8. The lowest BCUT2D eigenvalue weighted by molar-refractivity contribution is -0.147. The second kappa shape index (κ2) is 3.00. The Morgan fingerprint density at radius 2 is 2.09 bits per heavy atom. The Hall–Kier alpha value is -0.900. The first kappa shape index (κ1) is 8.20. The molecule has 2 N–H and O–H groups in total. The van der Waals surface area contributed by atoms with Crippen molar-refractivity contribution in [3.8, 4) is 0 Å². The van der Waals surface area contributed by atoms with Crippen LogP contribution >= 0.6 is 0 Å². The fourth-order valence-corrected chi connectivity index (χ4v) is 1.21. The van der Waals surface area contributed by atoms with Crippen LogP contribution in [0.3, 0.4) is 0 Å². The molecular weight excluding hydrogens is 148 g/mol. The molecule has 1 fully saturated rings. The van der Waals surface area contributed by atoms with E-state index in [0.717, 1.165) is 0 Å². The van der Waals surface area contributed by atoms with Gasteiger partial charge in [-0.05, 0) is 12.8 Å². The minimum absolute atomic E-state index is 0.0174. The van der Waals surface area contributed by atoms with Crippen LogP contribution in [0, 0.1) is 5.92 Å². The SMILES string of the molecule is O=C(O)[C@H]1CC[C@@H](O)C(=O)C1. The predicted octanol–water partition coefficient (Wildman–Crippen LogP) is -0.199. The molecule has 0 radical (unpaired) electrons. The molecule has 1 aliphatic rings. The quantitative estimate of drug-likeness (QED) is 0.554. The molecule has 0 amide bonds. The van der Waals surface area contributed by atoms with Gasteiger partial charge in [0.05, 0.1) is 5.92 Å². The van der Waals surface area contributed by atoms with Gasteiger partial charge in [-0.1, -0.05) is 0 Å². The summed E-state index contributed by atoms with van der Waals surface area (Å²) in [5, 5.41) is 17.4. The highest BCUT2D eigenvalue weighted by atomic mass is 16.4. The summed E-state index contributed by atoms with van der Waals surface area (Å²) in [6.07, 6.45) is -0.250. The molecule has 0 heterocycles. The van der Waals surface area contributed by atoms with Crippen molar-refractivity contribution in [3.63, 3.8) is 0 Å². The van der Waals surface area contributed by atoms with Gasteiger partial charge < -0.3 is 10.2 Å². The largest absolute Gasteiger partial charge is 0.481 e. The number of ketones is 1. The third kappa shape index (κ3) is 1.77. The van der Waals surface area contributed by atoms with E-state index < -0.39 is 18.0 Å². The predicted molar refractivity (Wildman–Crippen MR) is 36.0 cm³/mol. The molecule has 0 aliphatic heterocycles. The van der Waals surface area contributed by atoms with Crippen molar-refractivity contribution < 1.29 is 19.8 Å². The number of rotatable bonds is 1. The monoisotopic (exact) mass is 158 g/mol. The van der Waals surface area contributed by atoms with Crippen LogP contribution in [0.1, 0.15) is 19.3 Å². The van der Waals surface area contributed by atoms with Crippen molar-refractivity contribution >= 4 is 11.8 Å². The van der Waals surface area contributed by atoms with Crippen LogP contribution in [-0.4, -0.2) is 28.1 Å². The van der Waals surface area contributed by atoms with Gasteiger partial charge in [-0.3, -0.25) is 9.59 Å². The van der Waals surface area contributed by atoms with E-state index in [1.807, 2.05) is 0 Å². The van der Waals surface area contributed by atoms with Crippen molar-refractivity contribution in [2.45, 2.75) is 25.4 Å². The minimum atomic E-state index is -0.940. The van der Waals surface area contributed by atoms with Crippen LogP contribution in [0.2, 0.25) is 0 Å². The molecule has 0 unspecified atom stereocenters. The fraction of sp³-hybridized carbons (Fsp3) is 0.714. The first-order valence-corrected chi connectivity index (χ1v) is 3.55. The Morgan fingerprint density at radius 3 is 2.55 bits per heavy atom. The highest BCUT2D eigenvalue weighted by Crippen LogP contribution is 2.21. The second-order valence-corrected chi connectivity index (χ2v) is 2.80. The van der Waals surface area contributed by atoms with Gasteiger partial charge in [0.25, 0.3) is 0 Å². The topological polar surface area (TPSA) is 74.6 Å². The average molecular weight is 158 g/mol. The van der Waals surface area contributed by atoms with E-state index in [9.17, 15) is 9.59 Å². The number of aliphatic carboxylic acids is 1.